The molecule has 0 fully saturated rings. The molecule has 1 aromatic heterocycles. The van der Waals surface area contributed by atoms with Crippen molar-refractivity contribution in [2.24, 2.45) is 0 Å². The summed E-state index contributed by atoms with van der Waals surface area (Å²) in [6.45, 7) is 7.72. The molecule has 2 N–H and O–H groups in total. The molecule has 5 nitrogen and oxygen atoms in total. The molecule has 0 spiro atoms. The number of hydrogen-bond donors (Lipinski definition) is 2. The molecule has 0 aliphatic rings. The molecule has 1 unspecified atom stereocenters. The summed E-state index contributed by atoms with van der Waals surface area (Å²) in [6, 6.07) is 4.00. The summed E-state index contributed by atoms with van der Waals surface area (Å²) in [4.78, 5) is 18.9. The summed E-state index contributed by atoms with van der Waals surface area (Å²) in [5.74, 6) is 0.738. The van der Waals surface area contributed by atoms with E-state index in [2.05, 4.69) is 34.4 Å². The molecule has 1 aromatic rings. The van der Waals surface area contributed by atoms with Gasteiger partial charge in [-0.3, -0.25) is 4.79 Å². The van der Waals surface area contributed by atoms with Crippen molar-refractivity contribution in [3.05, 3.63) is 23.4 Å². The van der Waals surface area contributed by atoms with Crippen LogP contribution >= 0.6 is 0 Å². The minimum atomic E-state index is -0.0413. The minimum Gasteiger partial charge on any atom is -0.370 e. The highest BCUT2D eigenvalue weighted by atomic mass is 16.1. The van der Waals surface area contributed by atoms with E-state index in [1.165, 1.54) is 0 Å². The Morgan fingerprint density at radius 1 is 1.33 bits per heavy atom. The summed E-state index contributed by atoms with van der Waals surface area (Å²) in [5.41, 5.74) is 1.60. The van der Waals surface area contributed by atoms with Gasteiger partial charge in [-0.25, -0.2) is 4.98 Å². The predicted octanol–water partition coefficient (Wildman–Crippen LogP) is 2.15. The van der Waals surface area contributed by atoms with E-state index >= 15 is 0 Å². The van der Waals surface area contributed by atoms with Gasteiger partial charge in [-0.2, -0.15) is 0 Å². The Kier molecular flexibility index (Phi) is 7.15. The van der Waals surface area contributed by atoms with Gasteiger partial charge >= 0.3 is 0 Å². The smallest absolute Gasteiger partial charge is 0.251 e. The molecule has 1 amide bonds. The summed E-state index contributed by atoms with van der Waals surface area (Å²) in [6.07, 6.45) is 1.84. The van der Waals surface area contributed by atoms with Crippen LogP contribution < -0.4 is 10.6 Å². The van der Waals surface area contributed by atoms with Gasteiger partial charge in [0.1, 0.15) is 5.82 Å². The molecule has 0 aromatic carbocycles. The maximum atomic E-state index is 12.3. The van der Waals surface area contributed by atoms with E-state index in [4.69, 9.17) is 0 Å². The molecular formula is C16H28N4O. The van der Waals surface area contributed by atoms with Crippen LogP contribution in [-0.4, -0.2) is 49.0 Å². The van der Waals surface area contributed by atoms with Crippen LogP contribution in [0.5, 0.6) is 0 Å². The second-order valence-corrected chi connectivity index (χ2v) is 5.54. The third-order valence-electron chi connectivity index (χ3n) is 3.50. The topological polar surface area (TPSA) is 57.3 Å². The van der Waals surface area contributed by atoms with Crippen molar-refractivity contribution in [2.45, 2.75) is 39.7 Å². The summed E-state index contributed by atoms with van der Waals surface area (Å²) in [5, 5.41) is 6.23. The van der Waals surface area contributed by atoms with Gasteiger partial charge in [0.05, 0.1) is 0 Å². The average Bonchev–Trinajstić information content (AvgIpc) is 2.49. The number of rotatable bonds is 8. The summed E-state index contributed by atoms with van der Waals surface area (Å²) in [7, 11) is 4.01. The Morgan fingerprint density at radius 2 is 2.05 bits per heavy atom. The number of aromatic nitrogens is 1. The van der Waals surface area contributed by atoms with Crippen LogP contribution in [-0.2, 0) is 6.42 Å². The number of likely N-dealkylation sites (N-methyl/N-ethyl adjacent to an activating group) is 1. The first-order chi connectivity index (χ1) is 9.97. The third kappa shape index (κ3) is 5.71. The molecule has 118 valence electrons. The SMILES string of the molecule is CCCNc1cc(C(=O)NCC(C)N(C)C)cc(CC)n1. The first-order valence-electron chi connectivity index (χ1n) is 7.67. The quantitative estimate of drug-likeness (QED) is 0.771. The molecular weight excluding hydrogens is 264 g/mol. The van der Waals surface area contributed by atoms with Crippen LogP contribution in [0.3, 0.4) is 0 Å². The molecule has 1 atom stereocenters. The maximum Gasteiger partial charge on any atom is 0.251 e. The van der Waals surface area contributed by atoms with E-state index in [1.54, 1.807) is 0 Å². The normalized spacial score (nSPS) is 12.3. The molecule has 0 saturated heterocycles. The van der Waals surface area contributed by atoms with Crippen LogP contribution in [0, 0.1) is 0 Å². The number of nitrogens with zero attached hydrogens (tertiary/aromatic N) is 2. The molecule has 21 heavy (non-hydrogen) atoms. The van der Waals surface area contributed by atoms with Gasteiger partial charge in [-0.05, 0) is 46.0 Å². The molecule has 0 aliphatic carbocycles. The zero-order chi connectivity index (χ0) is 15.8. The first-order valence-corrected chi connectivity index (χ1v) is 7.67. The van der Waals surface area contributed by atoms with E-state index in [1.807, 2.05) is 33.2 Å². The number of carbonyl (C=O) groups excluding carboxylic acids is 1. The van der Waals surface area contributed by atoms with E-state index in [9.17, 15) is 4.79 Å². The van der Waals surface area contributed by atoms with Crippen LogP contribution in [0.4, 0.5) is 5.82 Å². The van der Waals surface area contributed by atoms with Crippen molar-refractivity contribution < 1.29 is 4.79 Å². The van der Waals surface area contributed by atoms with Crippen molar-refractivity contribution in [3.63, 3.8) is 0 Å². The van der Waals surface area contributed by atoms with E-state index in [0.717, 1.165) is 30.9 Å². The lowest BCUT2D eigenvalue weighted by atomic mass is 10.1. The molecule has 1 heterocycles. The average molecular weight is 292 g/mol. The molecule has 1 rings (SSSR count). The highest BCUT2D eigenvalue weighted by Crippen LogP contribution is 2.11. The van der Waals surface area contributed by atoms with Gasteiger partial charge in [0.25, 0.3) is 5.91 Å². The lowest BCUT2D eigenvalue weighted by Crippen LogP contribution is -2.38. The highest BCUT2D eigenvalue weighted by Gasteiger charge is 2.11. The zero-order valence-electron chi connectivity index (χ0n) is 13.9. The van der Waals surface area contributed by atoms with Crippen molar-refractivity contribution in [1.82, 2.24) is 15.2 Å². The number of hydrogen-bond acceptors (Lipinski definition) is 4. The van der Waals surface area contributed by atoms with Gasteiger partial charge in [0.2, 0.25) is 0 Å². The number of pyridine rings is 1. The summed E-state index contributed by atoms with van der Waals surface area (Å²) < 4.78 is 0. The van der Waals surface area contributed by atoms with Gasteiger partial charge in [-0.1, -0.05) is 13.8 Å². The Morgan fingerprint density at radius 3 is 2.62 bits per heavy atom. The van der Waals surface area contributed by atoms with E-state index in [0.29, 0.717) is 18.2 Å². The first kappa shape index (κ1) is 17.4. The molecule has 0 bridgehead atoms. The fourth-order valence-corrected chi connectivity index (χ4v) is 1.77. The van der Waals surface area contributed by atoms with Crippen LogP contribution in [0.2, 0.25) is 0 Å². The number of carbonyl (C=O) groups is 1. The Balaban J connectivity index is 2.77. The lowest BCUT2D eigenvalue weighted by Gasteiger charge is -2.20. The summed E-state index contributed by atoms with van der Waals surface area (Å²) >= 11 is 0. The fraction of sp³-hybridized carbons (Fsp3) is 0.625. The van der Waals surface area contributed by atoms with Crippen LogP contribution in [0.1, 0.15) is 43.2 Å². The highest BCUT2D eigenvalue weighted by molar-refractivity contribution is 5.95. The number of nitrogens with one attached hydrogen (secondary N) is 2. The second kappa shape index (κ2) is 8.62. The molecule has 5 heteroatoms. The maximum absolute atomic E-state index is 12.3. The zero-order valence-corrected chi connectivity index (χ0v) is 13.9. The largest absolute Gasteiger partial charge is 0.370 e. The van der Waals surface area contributed by atoms with E-state index < -0.39 is 0 Å². The monoisotopic (exact) mass is 292 g/mol. The standard InChI is InChI=1S/C16H28N4O/c1-6-8-17-15-10-13(9-14(7-2)19-15)16(21)18-11-12(3)20(4)5/h9-10,12H,6-8,11H2,1-5H3,(H,17,19)(H,18,21). The van der Waals surface area contributed by atoms with Crippen molar-refractivity contribution in [1.29, 1.82) is 0 Å². The Labute approximate surface area is 128 Å². The van der Waals surface area contributed by atoms with Crippen molar-refractivity contribution in [3.8, 4) is 0 Å². The number of amides is 1. The van der Waals surface area contributed by atoms with Crippen molar-refractivity contribution >= 4 is 11.7 Å². The van der Waals surface area contributed by atoms with Gasteiger partial charge < -0.3 is 15.5 Å². The van der Waals surface area contributed by atoms with E-state index in [-0.39, 0.29) is 5.91 Å². The lowest BCUT2D eigenvalue weighted by molar-refractivity contribution is 0.0943. The predicted molar refractivity (Wildman–Crippen MR) is 87.9 cm³/mol. The second-order valence-electron chi connectivity index (χ2n) is 5.54. The molecule has 0 aliphatic heterocycles. The third-order valence-corrected chi connectivity index (χ3v) is 3.50. The van der Waals surface area contributed by atoms with Gasteiger partial charge in [0.15, 0.2) is 0 Å². The van der Waals surface area contributed by atoms with Gasteiger partial charge in [0, 0.05) is 30.4 Å². The molecule has 0 saturated carbocycles. The van der Waals surface area contributed by atoms with Gasteiger partial charge in [-0.15, -0.1) is 0 Å². The van der Waals surface area contributed by atoms with Crippen LogP contribution in [0.15, 0.2) is 12.1 Å². The fourth-order valence-electron chi connectivity index (χ4n) is 1.77. The van der Waals surface area contributed by atoms with Crippen molar-refractivity contribution in [2.75, 3.05) is 32.5 Å². The molecule has 0 radical (unpaired) electrons. The Hall–Kier alpha value is -1.62. The Bertz CT molecular complexity index is 460. The number of anilines is 1. The minimum absolute atomic E-state index is 0.0413. The van der Waals surface area contributed by atoms with Crippen LogP contribution in [0.25, 0.3) is 0 Å². The number of aryl methyl sites for hydroxylation is 1.